The van der Waals surface area contributed by atoms with Crippen LogP contribution in [0.2, 0.25) is 5.02 Å². The summed E-state index contributed by atoms with van der Waals surface area (Å²) in [5.74, 6) is -0.163. The molecule has 5 heteroatoms. The van der Waals surface area contributed by atoms with Crippen LogP contribution in [0.15, 0.2) is 36.4 Å². The van der Waals surface area contributed by atoms with E-state index < -0.39 is 0 Å². The molecule has 0 saturated carbocycles. The van der Waals surface area contributed by atoms with E-state index in [4.69, 9.17) is 17.3 Å². The van der Waals surface area contributed by atoms with Crippen LogP contribution in [0.25, 0.3) is 0 Å². The van der Waals surface area contributed by atoms with Crippen LogP contribution in [0.3, 0.4) is 0 Å². The number of amides is 1. The first-order valence-corrected chi connectivity index (χ1v) is 8.65. The van der Waals surface area contributed by atoms with E-state index in [1.54, 1.807) is 12.1 Å². The molecule has 0 bridgehead atoms. The molecule has 3 N–H and O–H groups in total. The number of benzene rings is 2. The Balaban J connectivity index is 1.87. The van der Waals surface area contributed by atoms with Crippen LogP contribution < -0.4 is 16.0 Å². The maximum atomic E-state index is 12.5. The van der Waals surface area contributed by atoms with Crippen LogP contribution >= 0.6 is 11.6 Å². The van der Waals surface area contributed by atoms with Gasteiger partial charge in [-0.3, -0.25) is 4.79 Å². The third-order valence-electron chi connectivity index (χ3n) is 4.45. The monoisotopic (exact) mass is 343 g/mol. The first kappa shape index (κ1) is 16.7. The fourth-order valence-electron chi connectivity index (χ4n) is 3.10. The quantitative estimate of drug-likeness (QED) is 0.808. The highest BCUT2D eigenvalue weighted by Gasteiger charge is 2.17. The Morgan fingerprint density at radius 2 is 1.88 bits per heavy atom. The van der Waals surface area contributed by atoms with Crippen molar-refractivity contribution < 1.29 is 4.79 Å². The van der Waals surface area contributed by atoms with Crippen LogP contribution in [0.1, 0.15) is 35.2 Å². The highest BCUT2D eigenvalue weighted by Crippen LogP contribution is 2.35. The number of nitrogens with two attached hydrogens (primary N) is 1. The molecule has 2 aromatic carbocycles. The molecule has 0 aliphatic carbocycles. The average Bonchev–Trinajstić information content (AvgIpc) is 2.58. The zero-order chi connectivity index (χ0) is 17.1. The largest absolute Gasteiger partial charge is 0.397 e. The average molecular weight is 344 g/mol. The van der Waals surface area contributed by atoms with E-state index in [2.05, 4.69) is 10.2 Å². The lowest BCUT2D eigenvalue weighted by molar-refractivity contribution is 0.102. The van der Waals surface area contributed by atoms with Gasteiger partial charge in [-0.15, -0.1) is 0 Å². The van der Waals surface area contributed by atoms with Gasteiger partial charge in [0.05, 0.1) is 22.1 Å². The minimum atomic E-state index is -0.163. The van der Waals surface area contributed by atoms with Gasteiger partial charge < -0.3 is 16.0 Å². The molecule has 2 aromatic rings. The highest BCUT2D eigenvalue weighted by atomic mass is 35.5. The smallest absolute Gasteiger partial charge is 0.255 e. The van der Waals surface area contributed by atoms with E-state index in [0.29, 0.717) is 22.0 Å². The zero-order valence-corrected chi connectivity index (χ0v) is 14.6. The summed E-state index contributed by atoms with van der Waals surface area (Å²) in [6, 6.07) is 11.1. The summed E-state index contributed by atoms with van der Waals surface area (Å²) in [5.41, 5.74) is 9.91. The van der Waals surface area contributed by atoms with E-state index in [1.807, 2.05) is 31.2 Å². The normalized spacial score (nSPS) is 14.5. The van der Waals surface area contributed by atoms with Crippen LogP contribution in [-0.4, -0.2) is 19.0 Å². The lowest BCUT2D eigenvalue weighted by atomic mass is 10.1. The predicted molar refractivity (Wildman–Crippen MR) is 101 cm³/mol. The minimum absolute atomic E-state index is 0.163. The molecule has 0 radical (unpaired) electrons. The van der Waals surface area contributed by atoms with Crippen LogP contribution in [0.5, 0.6) is 0 Å². The number of nitrogen functional groups attached to an aromatic ring is 1. The fraction of sp³-hybridized carbons (Fsp3) is 0.316. The van der Waals surface area contributed by atoms with Crippen molar-refractivity contribution in [2.24, 2.45) is 0 Å². The Bertz CT molecular complexity index is 754. The van der Waals surface area contributed by atoms with Crippen molar-refractivity contribution in [3.05, 3.63) is 52.5 Å². The third kappa shape index (κ3) is 3.49. The maximum absolute atomic E-state index is 12.5. The molecule has 0 atom stereocenters. The topological polar surface area (TPSA) is 58.4 Å². The molecule has 0 spiro atoms. The van der Waals surface area contributed by atoms with Gasteiger partial charge in [-0.1, -0.05) is 29.8 Å². The SMILES string of the molecule is Cc1ccccc1C(=O)Nc1cc(N2CCCCC2)c(N)cc1Cl. The molecule has 24 heavy (non-hydrogen) atoms. The number of piperidine rings is 1. The Morgan fingerprint density at radius 3 is 2.58 bits per heavy atom. The van der Waals surface area contributed by atoms with Crippen LogP contribution in [-0.2, 0) is 0 Å². The summed E-state index contributed by atoms with van der Waals surface area (Å²) in [5, 5.41) is 3.37. The molecular formula is C19H22ClN3O. The second-order valence-electron chi connectivity index (χ2n) is 6.21. The summed E-state index contributed by atoms with van der Waals surface area (Å²) in [7, 11) is 0. The second-order valence-corrected chi connectivity index (χ2v) is 6.61. The Morgan fingerprint density at radius 1 is 1.17 bits per heavy atom. The molecule has 1 heterocycles. The second kappa shape index (κ2) is 7.14. The molecule has 3 rings (SSSR count). The molecule has 1 amide bonds. The third-order valence-corrected chi connectivity index (χ3v) is 4.76. The summed E-state index contributed by atoms with van der Waals surface area (Å²) in [6.07, 6.45) is 3.57. The zero-order valence-electron chi connectivity index (χ0n) is 13.8. The number of nitrogens with one attached hydrogen (secondary N) is 1. The van der Waals surface area contributed by atoms with Gasteiger partial charge in [0.2, 0.25) is 0 Å². The Labute approximate surface area is 147 Å². The van der Waals surface area contributed by atoms with Crippen LogP contribution in [0.4, 0.5) is 17.1 Å². The highest BCUT2D eigenvalue weighted by molar-refractivity contribution is 6.34. The van der Waals surface area contributed by atoms with Gasteiger partial charge >= 0.3 is 0 Å². The molecule has 1 fully saturated rings. The van der Waals surface area contributed by atoms with Gasteiger partial charge in [-0.2, -0.15) is 0 Å². The van der Waals surface area contributed by atoms with Crippen molar-refractivity contribution in [2.45, 2.75) is 26.2 Å². The first-order chi connectivity index (χ1) is 11.6. The van der Waals surface area contributed by atoms with E-state index in [0.717, 1.165) is 37.2 Å². The molecule has 1 aliphatic rings. The number of hydrogen-bond acceptors (Lipinski definition) is 3. The van der Waals surface area contributed by atoms with Crippen molar-refractivity contribution in [2.75, 3.05) is 29.0 Å². The molecule has 1 aliphatic heterocycles. The van der Waals surface area contributed by atoms with Crippen molar-refractivity contribution in [3.63, 3.8) is 0 Å². The van der Waals surface area contributed by atoms with Gasteiger partial charge in [0.1, 0.15) is 0 Å². The number of carbonyl (C=O) groups excluding carboxylic acids is 1. The van der Waals surface area contributed by atoms with Crippen molar-refractivity contribution in [1.82, 2.24) is 0 Å². The number of aryl methyl sites for hydroxylation is 1. The molecule has 4 nitrogen and oxygen atoms in total. The number of halogens is 1. The van der Waals surface area contributed by atoms with E-state index >= 15 is 0 Å². The molecule has 1 saturated heterocycles. The fourth-order valence-corrected chi connectivity index (χ4v) is 3.32. The molecule has 0 unspecified atom stereocenters. The minimum Gasteiger partial charge on any atom is -0.397 e. The van der Waals surface area contributed by atoms with E-state index in [9.17, 15) is 4.79 Å². The molecular weight excluding hydrogens is 322 g/mol. The van der Waals surface area contributed by atoms with Crippen molar-refractivity contribution in [1.29, 1.82) is 0 Å². The van der Waals surface area contributed by atoms with E-state index in [-0.39, 0.29) is 5.91 Å². The van der Waals surface area contributed by atoms with Crippen molar-refractivity contribution >= 4 is 34.6 Å². The Kier molecular flexibility index (Phi) is 4.95. The van der Waals surface area contributed by atoms with Gasteiger partial charge in [0, 0.05) is 18.7 Å². The van der Waals surface area contributed by atoms with Gasteiger partial charge in [-0.25, -0.2) is 0 Å². The number of rotatable bonds is 3. The first-order valence-electron chi connectivity index (χ1n) is 8.27. The number of hydrogen-bond donors (Lipinski definition) is 2. The summed E-state index contributed by atoms with van der Waals surface area (Å²) in [6.45, 7) is 3.88. The molecule has 0 aromatic heterocycles. The van der Waals surface area contributed by atoms with E-state index in [1.165, 1.54) is 6.42 Å². The lowest BCUT2D eigenvalue weighted by Crippen LogP contribution is -2.30. The van der Waals surface area contributed by atoms with Gasteiger partial charge in [-0.05, 0) is 49.9 Å². The Hall–Kier alpha value is -2.20. The van der Waals surface area contributed by atoms with Gasteiger partial charge in [0.25, 0.3) is 5.91 Å². The van der Waals surface area contributed by atoms with Crippen LogP contribution in [0, 0.1) is 6.92 Å². The van der Waals surface area contributed by atoms with Crippen molar-refractivity contribution in [3.8, 4) is 0 Å². The van der Waals surface area contributed by atoms with Gasteiger partial charge in [0.15, 0.2) is 0 Å². The number of nitrogens with zero attached hydrogens (tertiary/aromatic N) is 1. The summed E-state index contributed by atoms with van der Waals surface area (Å²) >= 11 is 6.30. The molecule has 126 valence electrons. The standard InChI is InChI=1S/C19H22ClN3O/c1-13-7-3-4-8-14(13)19(24)22-17-12-18(16(21)11-15(17)20)23-9-5-2-6-10-23/h3-4,7-8,11-12H,2,5-6,9-10,21H2,1H3,(H,22,24). The lowest BCUT2D eigenvalue weighted by Gasteiger charge is -2.30. The summed E-state index contributed by atoms with van der Waals surface area (Å²) < 4.78 is 0. The maximum Gasteiger partial charge on any atom is 0.255 e. The predicted octanol–water partition coefficient (Wildman–Crippen LogP) is 4.47. The number of anilines is 3. The number of carbonyl (C=O) groups is 1. The summed E-state index contributed by atoms with van der Waals surface area (Å²) in [4.78, 5) is 14.8.